The third-order valence-electron chi connectivity index (χ3n) is 4.49. The third-order valence-corrected chi connectivity index (χ3v) is 4.49. The van der Waals surface area contributed by atoms with Crippen LogP contribution < -0.4 is 20.1 Å². The van der Waals surface area contributed by atoms with E-state index < -0.39 is 6.04 Å². The molecule has 1 aliphatic heterocycles. The number of amides is 2. The molecule has 1 heterocycles. The molecule has 6 heteroatoms. The molecule has 0 spiro atoms. The number of hydrogen-bond donors (Lipinski definition) is 2. The fourth-order valence-corrected chi connectivity index (χ4v) is 3.44. The van der Waals surface area contributed by atoms with Crippen molar-refractivity contribution in [3.63, 3.8) is 0 Å². The molecule has 0 saturated heterocycles. The van der Waals surface area contributed by atoms with Gasteiger partial charge in [0.1, 0.15) is 0 Å². The number of rotatable bonds is 3. The number of ether oxygens (including phenoxy) is 2. The summed E-state index contributed by atoms with van der Waals surface area (Å²) in [5.74, 6) is 1.23. The second kappa shape index (κ2) is 5.85. The number of benzene rings is 1. The molecule has 1 unspecified atom stereocenters. The number of ketones is 1. The van der Waals surface area contributed by atoms with Crippen LogP contribution in [-0.4, -0.2) is 26.0 Å². The topological polar surface area (TPSA) is 76.7 Å². The normalized spacial score (nSPS) is 22.4. The standard InChI is InChI=1S/C18H22N2O4/c1-18(2)8-11-15(12(21)9-18)16(20-17(22)19-11)10-5-6-13(23-3)14(7-10)24-4/h5-7,16H,8-9H2,1-4H3,(H2,19,20,22). The summed E-state index contributed by atoms with van der Waals surface area (Å²) in [4.78, 5) is 24.8. The van der Waals surface area contributed by atoms with Crippen LogP contribution in [-0.2, 0) is 4.79 Å². The molecule has 0 aromatic heterocycles. The Morgan fingerprint density at radius 2 is 1.79 bits per heavy atom. The first kappa shape index (κ1) is 16.4. The summed E-state index contributed by atoms with van der Waals surface area (Å²) in [6.45, 7) is 4.07. The van der Waals surface area contributed by atoms with Crippen molar-refractivity contribution in [2.75, 3.05) is 14.2 Å². The highest BCUT2D eigenvalue weighted by molar-refractivity contribution is 6.01. The molecule has 2 N–H and O–H groups in total. The average Bonchev–Trinajstić information content (AvgIpc) is 2.51. The van der Waals surface area contributed by atoms with Crippen LogP contribution in [0.25, 0.3) is 0 Å². The van der Waals surface area contributed by atoms with Crippen molar-refractivity contribution in [1.82, 2.24) is 10.6 Å². The summed E-state index contributed by atoms with van der Waals surface area (Å²) >= 11 is 0. The first-order valence-electron chi connectivity index (χ1n) is 7.90. The van der Waals surface area contributed by atoms with Gasteiger partial charge in [-0.05, 0) is 29.5 Å². The van der Waals surface area contributed by atoms with E-state index in [1.165, 1.54) is 0 Å². The number of urea groups is 1. The number of allylic oxidation sites excluding steroid dienone is 1. The van der Waals surface area contributed by atoms with E-state index in [0.29, 0.717) is 29.9 Å². The molecule has 0 saturated carbocycles. The molecule has 0 fully saturated rings. The lowest BCUT2D eigenvalue weighted by atomic mass is 9.73. The van der Waals surface area contributed by atoms with Crippen LogP contribution in [0, 0.1) is 5.41 Å². The van der Waals surface area contributed by atoms with Gasteiger partial charge >= 0.3 is 6.03 Å². The maximum Gasteiger partial charge on any atom is 0.319 e. The number of Topliss-reactive ketones (excluding diaryl/α,β-unsaturated/α-hetero) is 1. The lowest BCUT2D eigenvalue weighted by Gasteiger charge is -2.38. The molecular weight excluding hydrogens is 308 g/mol. The van der Waals surface area contributed by atoms with Gasteiger partial charge < -0.3 is 20.1 Å². The second-order valence-electron chi connectivity index (χ2n) is 6.98. The van der Waals surface area contributed by atoms with Gasteiger partial charge in [0.2, 0.25) is 0 Å². The highest BCUT2D eigenvalue weighted by Gasteiger charge is 2.40. The Labute approximate surface area is 141 Å². The Hall–Kier alpha value is -2.50. The molecule has 1 atom stereocenters. The second-order valence-corrected chi connectivity index (χ2v) is 6.98. The summed E-state index contributed by atoms with van der Waals surface area (Å²) in [7, 11) is 3.12. The first-order valence-corrected chi connectivity index (χ1v) is 7.90. The number of nitrogens with one attached hydrogen (secondary N) is 2. The van der Waals surface area contributed by atoms with Crippen molar-refractivity contribution >= 4 is 11.8 Å². The molecule has 2 aliphatic rings. The third kappa shape index (κ3) is 2.84. The quantitative estimate of drug-likeness (QED) is 0.893. The minimum Gasteiger partial charge on any atom is -0.493 e. The molecule has 1 aromatic carbocycles. The van der Waals surface area contributed by atoms with Gasteiger partial charge in [0.25, 0.3) is 0 Å². The molecule has 1 aromatic rings. The summed E-state index contributed by atoms with van der Waals surface area (Å²) in [6, 6.07) is 4.65. The van der Waals surface area contributed by atoms with Crippen molar-refractivity contribution in [2.45, 2.75) is 32.7 Å². The van der Waals surface area contributed by atoms with E-state index in [-0.39, 0.29) is 17.2 Å². The van der Waals surface area contributed by atoms with Crippen LogP contribution in [0.3, 0.4) is 0 Å². The predicted octanol–water partition coefficient (Wildman–Crippen LogP) is 2.70. The molecule has 0 radical (unpaired) electrons. The fourth-order valence-electron chi connectivity index (χ4n) is 3.44. The molecule has 2 amide bonds. The maximum atomic E-state index is 12.7. The number of hydrogen-bond acceptors (Lipinski definition) is 4. The molecule has 6 nitrogen and oxygen atoms in total. The molecule has 0 bridgehead atoms. The lowest BCUT2D eigenvalue weighted by molar-refractivity contribution is -0.118. The van der Waals surface area contributed by atoms with Crippen molar-refractivity contribution in [1.29, 1.82) is 0 Å². The van der Waals surface area contributed by atoms with E-state index >= 15 is 0 Å². The average molecular weight is 330 g/mol. The summed E-state index contributed by atoms with van der Waals surface area (Å²) in [5, 5.41) is 5.66. The zero-order valence-electron chi connectivity index (χ0n) is 14.4. The van der Waals surface area contributed by atoms with Crippen LogP contribution in [0.1, 0.15) is 38.3 Å². The monoisotopic (exact) mass is 330 g/mol. The SMILES string of the molecule is COc1ccc(C2NC(=O)NC3=C2C(=O)CC(C)(C)C3)cc1OC. The highest BCUT2D eigenvalue weighted by Crippen LogP contribution is 2.42. The van der Waals surface area contributed by atoms with Gasteiger partial charge in [0.05, 0.1) is 20.3 Å². The van der Waals surface area contributed by atoms with Crippen molar-refractivity contribution < 1.29 is 19.1 Å². The minimum atomic E-state index is -0.475. The van der Waals surface area contributed by atoms with Gasteiger partial charge in [-0.25, -0.2) is 4.79 Å². The van der Waals surface area contributed by atoms with E-state index in [1.807, 2.05) is 19.9 Å². The largest absolute Gasteiger partial charge is 0.493 e. The molecule has 3 rings (SSSR count). The number of methoxy groups -OCH3 is 2. The Morgan fingerprint density at radius 1 is 1.08 bits per heavy atom. The van der Waals surface area contributed by atoms with E-state index in [1.54, 1.807) is 26.4 Å². The summed E-state index contributed by atoms with van der Waals surface area (Å²) in [6.07, 6.45) is 1.14. The van der Waals surface area contributed by atoms with Gasteiger partial charge in [0.15, 0.2) is 17.3 Å². The Morgan fingerprint density at radius 3 is 2.46 bits per heavy atom. The smallest absolute Gasteiger partial charge is 0.319 e. The zero-order valence-corrected chi connectivity index (χ0v) is 14.4. The van der Waals surface area contributed by atoms with Crippen LogP contribution in [0.2, 0.25) is 0 Å². The zero-order chi connectivity index (χ0) is 17.5. The van der Waals surface area contributed by atoms with Gasteiger partial charge in [0, 0.05) is 17.7 Å². The van der Waals surface area contributed by atoms with Crippen LogP contribution >= 0.6 is 0 Å². The maximum absolute atomic E-state index is 12.7. The molecule has 128 valence electrons. The van der Waals surface area contributed by atoms with Crippen LogP contribution in [0.4, 0.5) is 4.79 Å². The van der Waals surface area contributed by atoms with Crippen molar-refractivity contribution in [3.05, 3.63) is 35.0 Å². The van der Waals surface area contributed by atoms with Crippen LogP contribution in [0.15, 0.2) is 29.5 Å². The van der Waals surface area contributed by atoms with E-state index in [9.17, 15) is 9.59 Å². The van der Waals surface area contributed by atoms with Crippen LogP contribution in [0.5, 0.6) is 11.5 Å². The van der Waals surface area contributed by atoms with Gasteiger partial charge in [-0.15, -0.1) is 0 Å². The Kier molecular flexibility index (Phi) is 3.99. The van der Waals surface area contributed by atoms with Crippen molar-refractivity contribution in [2.24, 2.45) is 5.41 Å². The van der Waals surface area contributed by atoms with Gasteiger partial charge in [-0.2, -0.15) is 0 Å². The van der Waals surface area contributed by atoms with E-state index in [2.05, 4.69) is 10.6 Å². The Balaban J connectivity index is 2.07. The van der Waals surface area contributed by atoms with Gasteiger partial charge in [-0.1, -0.05) is 19.9 Å². The summed E-state index contributed by atoms with van der Waals surface area (Å²) < 4.78 is 10.6. The number of carbonyl (C=O) groups is 2. The first-order chi connectivity index (χ1) is 11.3. The minimum absolute atomic E-state index is 0.0635. The van der Waals surface area contributed by atoms with E-state index in [4.69, 9.17) is 9.47 Å². The Bertz CT molecular complexity index is 737. The fraction of sp³-hybridized carbons (Fsp3) is 0.444. The lowest BCUT2D eigenvalue weighted by Crippen LogP contribution is -2.48. The predicted molar refractivity (Wildman–Crippen MR) is 89.0 cm³/mol. The molecule has 24 heavy (non-hydrogen) atoms. The molecule has 1 aliphatic carbocycles. The molecular formula is C18H22N2O4. The summed E-state index contributed by atoms with van der Waals surface area (Å²) in [5.41, 5.74) is 2.01. The van der Waals surface area contributed by atoms with E-state index in [0.717, 1.165) is 11.3 Å². The van der Waals surface area contributed by atoms with Gasteiger partial charge in [-0.3, -0.25) is 4.79 Å². The number of carbonyl (C=O) groups excluding carboxylic acids is 2. The highest BCUT2D eigenvalue weighted by atomic mass is 16.5. The van der Waals surface area contributed by atoms with Crippen molar-refractivity contribution in [3.8, 4) is 11.5 Å².